The third kappa shape index (κ3) is 2.10. The molecular weight excluding hydrogens is 232 g/mol. The van der Waals surface area contributed by atoms with Gasteiger partial charge in [0.2, 0.25) is 11.8 Å². The molecule has 0 radical (unpaired) electrons. The van der Waals surface area contributed by atoms with Crippen molar-refractivity contribution in [2.45, 2.75) is 38.9 Å². The van der Waals surface area contributed by atoms with Crippen LogP contribution in [0.5, 0.6) is 0 Å². The van der Waals surface area contributed by atoms with Crippen molar-refractivity contribution in [3.8, 4) is 0 Å². The molecule has 1 unspecified atom stereocenters. The van der Waals surface area contributed by atoms with Gasteiger partial charge in [-0.2, -0.15) is 5.10 Å². The monoisotopic (exact) mass is 250 g/mol. The molecule has 1 aliphatic heterocycles. The van der Waals surface area contributed by atoms with Gasteiger partial charge >= 0.3 is 0 Å². The number of aromatic nitrogens is 2. The second-order valence-corrected chi connectivity index (χ2v) is 5.25. The van der Waals surface area contributed by atoms with Crippen molar-refractivity contribution < 1.29 is 9.59 Å². The summed E-state index contributed by atoms with van der Waals surface area (Å²) in [4.78, 5) is 25.7. The number of piperazine rings is 1. The van der Waals surface area contributed by atoms with Gasteiger partial charge in [0.15, 0.2) is 0 Å². The van der Waals surface area contributed by atoms with E-state index in [1.807, 2.05) is 13.2 Å². The van der Waals surface area contributed by atoms with Gasteiger partial charge in [-0.05, 0) is 20.8 Å². The quantitative estimate of drug-likeness (QED) is 0.806. The lowest BCUT2D eigenvalue weighted by molar-refractivity contribution is -0.153. The van der Waals surface area contributed by atoms with Crippen molar-refractivity contribution in [1.82, 2.24) is 20.0 Å². The highest BCUT2D eigenvalue weighted by Gasteiger charge is 2.43. The Hall–Kier alpha value is -1.85. The standard InChI is InChI=1S/C12H18N4O2/c1-8-10(17)14-12(2,3)11(18)16(8)7-9-5-13-15(4)6-9/h5-6,8H,7H2,1-4H3,(H,14,17). The molecule has 1 atom stereocenters. The molecule has 0 saturated carbocycles. The van der Waals surface area contributed by atoms with E-state index in [1.54, 1.807) is 36.5 Å². The molecule has 98 valence electrons. The summed E-state index contributed by atoms with van der Waals surface area (Å²) in [5.41, 5.74) is 0.0782. The van der Waals surface area contributed by atoms with Gasteiger partial charge < -0.3 is 10.2 Å². The van der Waals surface area contributed by atoms with Gasteiger partial charge in [0, 0.05) is 25.4 Å². The average Bonchev–Trinajstić information content (AvgIpc) is 2.67. The molecule has 2 rings (SSSR count). The van der Waals surface area contributed by atoms with Crippen LogP contribution in [0, 0.1) is 0 Å². The average molecular weight is 250 g/mol. The fourth-order valence-corrected chi connectivity index (χ4v) is 2.10. The fourth-order valence-electron chi connectivity index (χ4n) is 2.10. The van der Waals surface area contributed by atoms with Crippen molar-refractivity contribution in [2.24, 2.45) is 7.05 Å². The first-order valence-corrected chi connectivity index (χ1v) is 5.92. The Morgan fingerprint density at radius 2 is 2.11 bits per heavy atom. The topological polar surface area (TPSA) is 67.2 Å². The second kappa shape index (κ2) is 4.12. The summed E-state index contributed by atoms with van der Waals surface area (Å²) in [6.45, 7) is 5.58. The summed E-state index contributed by atoms with van der Waals surface area (Å²) >= 11 is 0. The smallest absolute Gasteiger partial charge is 0.248 e. The number of amides is 2. The number of hydrogen-bond donors (Lipinski definition) is 1. The summed E-state index contributed by atoms with van der Waals surface area (Å²) in [6.07, 6.45) is 3.55. The first-order valence-electron chi connectivity index (χ1n) is 5.92. The van der Waals surface area contributed by atoms with Crippen LogP contribution in [0.4, 0.5) is 0 Å². The van der Waals surface area contributed by atoms with Crippen LogP contribution in [0.15, 0.2) is 12.4 Å². The van der Waals surface area contributed by atoms with E-state index in [4.69, 9.17) is 0 Å². The Morgan fingerprint density at radius 3 is 2.67 bits per heavy atom. The zero-order valence-corrected chi connectivity index (χ0v) is 11.1. The second-order valence-electron chi connectivity index (χ2n) is 5.25. The third-order valence-corrected chi connectivity index (χ3v) is 3.19. The van der Waals surface area contributed by atoms with Crippen LogP contribution >= 0.6 is 0 Å². The molecule has 6 nitrogen and oxygen atoms in total. The summed E-state index contributed by atoms with van der Waals surface area (Å²) in [5, 5.41) is 6.79. The molecule has 1 saturated heterocycles. The van der Waals surface area contributed by atoms with Crippen molar-refractivity contribution in [1.29, 1.82) is 0 Å². The Labute approximate surface area is 106 Å². The lowest BCUT2D eigenvalue weighted by Gasteiger charge is -2.41. The predicted molar refractivity (Wildman–Crippen MR) is 65.4 cm³/mol. The highest BCUT2D eigenvalue weighted by Crippen LogP contribution is 2.20. The van der Waals surface area contributed by atoms with Crippen LogP contribution in [0.25, 0.3) is 0 Å². The number of rotatable bonds is 2. The number of aryl methyl sites for hydroxylation is 1. The Balaban J connectivity index is 2.23. The van der Waals surface area contributed by atoms with Crippen molar-refractivity contribution in [2.75, 3.05) is 0 Å². The zero-order chi connectivity index (χ0) is 13.5. The summed E-state index contributed by atoms with van der Waals surface area (Å²) in [6, 6.07) is -0.453. The summed E-state index contributed by atoms with van der Waals surface area (Å²) in [5.74, 6) is -0.193. The first-order chi connectivity index (χ1) is 8.31. The van der Waals surface area contributed by atoms with Gasteiger partial charge in [0.05, 0.1) is 6.20 Å². The maximum absolute atomic E-state index is 12.3. The molecule has 6 heteroatoms. The van der Waals surface area contributed by atoms with Crippen molar-refractivity contribution >= 4 is 11.8 Å². The number of carbonyl (C=O) groups excluding carboxylic acids is 2. The SMILES string of the molecule is CC1C(=O)NC(C)(C)C(=O)N1Cc1cnn(C)c1. The maximum atomic E-state index is 12.3. The largest absolute Gasteiger partial charge is 0.340 e. The molecule has 2 amide bonds. The molecular formula is C12H18N4O2. The lowest BCUT2D eigenvalue weighted by atomic mass is 9.97. The van der Waals surface area contributed by atoms with Crippen molar-refractivity contribution in [3.05, 3.63) is 18.0 Å². The van der Waals surface area contributed by atoms with Gasteiger partial charge in [-0.25, -0.2) is 0 Å². The third-order valence-electron chi connectivity index (χ3n) is 3.19. The van der Waals surface area contributed by atoms with Crippen LogP contribution in [-0.4, -0.2) is 38.1 Å². The van der Waals surface area contributed by atoms with Crippen LogP contribution in [0.3, 0.4) is 0 Å². The Morgan fingerprint density at radius 1 is 1.44 bits per heavy atom. The van der Waals surface area contributed by atoms with E-state index in [-0.39, 0.29) is 11.8 Å². The highest BCUT2D eigenvalue weighted by atomic mass is 16.2. The van der Waals surface area contributed by atoms with Gasteiger partial charge in [-0.3, -0.25) is 14.3 Å². The van der Waals surface area contributed by atoms with Gasteiger partial charge in [-0.1, -0.05) is 0 Å². The van der Waals surface area contributed by atoms with Crippen LogP contribution in [-0.2, 0) is 23.2 Å². The molecule has 1 fully saturated rings. The van der Waals surface area contributed by atoms with E-state index < -0.39 is 11.6 Å². The maximum Gasteiger partial charge on any atom is 0.248 e. The van der Waals surface area contributed by atoms with E-state index >= 15 is 0 Å². The lowest BCUT2D eigenvalue weighted by Crippen LogP contribution is -2.66. The summed E-state index contributed by atoms with van der Waals surface area (Å²) in [7, 11) is 1.82. The normalized spacial score (nSPS) is 23.1. The molecule has 1 aliphatic rings. The fraction of sp³-hybridized carbons (Fsp3) is 0.583. The van der Waals surface area contributed by atoms with E-state index in [1.165, 1.54) is 0 Å². The number of carbonyl (C=O) groups is 2. The molecule has 1 N–H and O–H groups in total. The molecule has 0 spiro atoms. The van der Waals surface area contributed by atoms with Crippen molar-refractivity contribution in [3.63, 3.8) is 0 Å². The zero-order valence-electron chi connectivity index (χ0n) is 11.1. The van der Waals surface area contributed by atoms with Gasteiger partial charge in [-0.15, -0.1) is 0 Å². The van der Waals surface area contributed by atoms with E-state index in [0.717, 1.165) is 5.56 Å². The van der Waals surface area contributed by atoms with E-state index in [0.29, 0.717) is 6.54 Å². The Kier molecular flexibility index (Phi) is 2.88. The molecule has 1 aromatic heterocycles. The summed E-state index contributed by atoms with van der Waals surface area (Å²) < 4.78 is 1.68. The predicted octanol–water partition coefficient (Wildman–Crippen LogP) is 0.0456. The van der Waals surface area contributed by atoms with E-state index in [9.17, 15) is 9.59 Å². The van der Waals surface area contributed by atoms with E-state index in [2.05, 4.69) is 10.4 Å². The van der Waals surface area contributed by atoms with Gasteiger partial charge in [0.1, 0.15) is 11.6 Å². The molecule has 2 heterocycles. The minimum absolute atomic E-state index is 0.0709. The number of nitrogens with one attached hydrogen (secondary N) is 1. The van der Waals surface area contributed by atoms with Crippen LogP contribution in [0.2, 0.25) is 0 Å². The van der Waals surface area contributed by atoms with Crippen LogP contribution in [0.1, 0.15) is 26.3 Å². The minimum atomic E-state index is -0.841. The molecule has 0 aliphatic carbocycles. The molecule has 18 heavy (non-hydrogen) atoms. The van der Waals surface area contributed by atoms with Crippen LogP contribution < -0.4 is 5.32 Å². The molecule has 0 aromatic carbocycles. The minimum Gasteiger partial charge on any atom is -0.340 e. The molecule has 1 aromatic rings. The number of nitrogens with zero attached hydrogens (tertiary/aromatic N) is 3. The first kappa shape index (κ1) is 12.6. The van der Waals surface area contributed by atoms with Gasteiger partial charge in [0.25, 0.3) is 0 Å². The molecule has 0 bridgehead atoms. The number of hydrogen-bond acceptors (Lipinski definition) is 3. The Bertz CT molecular complexity index is 492. The highest BCUT2D eigenvalue weighted by molar-refractivity contribution is 5.99.